The molecule has 0 amide bonds. The van der Waals surface area contributed by atoms with Crippen molar-refractivity contribution < 1.29 is 8.78 Å². The summed E-state index contributed by atoms with van der Waals surface area (Å²) < 4.78 is 26.4. The van der Waals surface area contributed by atoms with E-state index in [0.29, 0.717) is 0 Å². The van der Waals surface area contributed by atoms with Crippen molar-refractivity contribution in [1.29, 1.82) is 0 Å². The number of alkyl halides is 2. The first-order chi connectivity index (χ1) is 7.95. The van der Waals surface area contributed by atoms with E-state index in [1.807, 2.05) is 0 Å². The lowest BCUT2D eigenvalue weighted by Crippen LogP contribution is -2.35. The standard InChI is InChI=1S/C14H25F2N/c1-3-17-10-13(2,12-4-5-12)8-11-6-7-14(15,16)9-11/h11-12,17H,3-10H2,1-2H3. The number of hydrogen-bond donors (Lipinski definition) is 1. The highest BCUT2D eigenvalue weighted by Gasteiger charge is 2.46. The molecule has 2 rings (SSSR count). The molecule has 0 radical (unpaired) electrons. The molecule has 2 aliphatic rings. The highest BCUT2D eigenvalue weighted by atomic mass is 19.3. The first-order valence-corrected chi connectivity index (χ1v) is 7.04. The lowest BCUT2D eigenvalue weighted by molar-refractivity contribution is 0.00245. The SMILES string of the molecule is CCNCC(C)(CC1CCC(F)(F)C1)C1CC1. The van der Waals surface area contributed by atoms with E-state index < -0.39 is 5.92 Å². The molecule has 2 saturated carbocycles. The van der Waals surface area contributed by atoms with Crippen molar-refractivity contribution in [2.75, 3.05) is 13.1 Å². The van der Waals surface area contributed by atoms with Crippen molar-refractivity contribution in [3.05, 3.63) is 0 Å². The molecule has 0 aliphatic heterocycles. The van der Waals surface area contributed by atoms with E-state index in [1.54, 1.807) is 0 Å². The van der Waals surface area contributed by atoms with Crippen LogP contribution >= 0.6 is 0 Å². The predicted octanol–water partition coefficient (Wildman–Crippen LogP) is 3.84. The summed E-state index contributed by atoms with van der Waals surface area (Å²) in [6, 6.07) is 0. The summed E-state index contributed by atoms with van der Waals surface area (Å²) in [5.74, 6) is -1.36. The van der Waals surface area contributed by atoms with E-state index in [1.165, 1.54) is 12.8 Å². The molecule has 1 nitrogen and oxygen atoms in total. The van der Waals surface area contributed by atoms with Gasteiger partial charge in [0.2, 0.25) is 5.92 Å². The Kier molecular flexibility index (Phi) is 3.77. The van der Waals surface area contributed by atoms with E-state index in [-0.39, 0.29) is 24.2 Å². The maximum Gasteiger partial charge on any atom is 0.248 e. The smallest absolute Gasteiger partial charge is 0.248 e. The van der Waals surface area contributed by atoms with Gasteiger partial charge in [-0.25, -0.2) is 8.78 Å². The summed E-state index contributed by atoms with van der Waals surface area (Å²) in [7, 11) is 0. The molecule has 0 bridgehead atoms. The quantitative estimate of drug-likeness (QED) is 0.749. The fourth-order valence-electron chi connectivity index (χ4n) is 3.45. The zero-order valence-electron chi connectivity index (χ0n) is 11.1. The van der Waals surface area contributed by atoms with Crippen molar-refractivity contribution in [1.82, 2.24) is 5.32 Å². The Morgan fingerprint density at radius 1 is 1.29 bits per heavy atom. The average Bonchev–Trinajstić information content (AvgIpc) is 3.03. The molecule has 1 N–H and O–H groups in total. The Morgan fingerprint density at radius 2 is 2.00 bits per heavy atom. The van der Waals surface area contributed by atoms with Crippen molar-refractivity contribution in [3.8, 4) is 0 Å². The summed E-state index contributed by atoms with van der Waals surface area (Å²) in [6.07, 6.45) is 4.54. The fourth-order valence-corrected chi connectivity index (χ4v) is 3.45. The maximum absolute atomic E-state index is 13.2. The Morgan fingerprint density at radius 3 is 2.47 bits per heavy atom. The minimum absolute atomic E-state index is 0.111. The molecule has 2 unspecified atom stereocenters. The first kappa shape index (κ1) is 13.3. The Labute approximate surface area is 103 Å². The van der Waals surface area contributed by atoms with Crippen LogP contribution in [0.3, 0.4) is 0 Å². The van der Waals surface area contributed by atoms with Crippen LogP contribution in [0.5, 0.6) is 0 Å². The monoisotopic (exact) mass is 245 g/mol. The fraction of sp³-hybridized carbons (Fsp3) is 1.00. The Bertz CT molecular complexity index is 263. The molecule has 0 aromatic heterocycles. The zero-order chi connectivity index (χ0) is 12.5. The predicted molar refractivity (Wildman–Crippen MR) is 66.3 cm³/mol. The van der Waals surface area contributed by atoms with Crippen LogP contribution in [-0.4, -0.2) is 19.0 Å². The van der Waals surface area contributed by atoms with Crippen LogP contribution in [0.2, 0.25) is 0 Å². The van der Waals surface area contributed by atoms with Crippen molar-refractivity contribution >= 4 is 0 Å². The van der Waals surface area contributed by atoms with E-state index in [9.17, 15) is 8.78 Å². The van der Waals surface area contributed by atoms with E-state index in [4.69, 9.17) is 0 Å². The largest absolute Gasteiger partial charge is 0.316 e. The van der Waals surface area contributed by atoms with Crippen LogP contribution in [-0.2, 0) is 0 Å². The second kappa shape index (κ2) is 4.83. The normalized spacial score (nSPS) is 31.4. The third kappa shape index (κ3) is 3.40. The van der Waals surface area contributed by atoms with Gasteiger partial charge in [0.1, 0.15) is 0 Å². The van der Waals surface area contributed by atoms with Gasteiger partial charge >= 0.3 is 0 Å². The molecule has 3 heteroatoms. The third-order valence-corrected chi connectivity index (χ3v) is 4.60. The second-order valence-electron chi connectivity index (χ2n) is 6.38. The minimum Gasteiger partial charge on any atom is -0.316 e. The first-order valence-electron chi connectivity index (χ1n) is 7.04. The van der Waals surface area contributed by atoms with E-state index >= 15 is 0 Å². The Hall–Kier alpha value is -0.180. The summed E-state index contributed by atoms with van der Waals surface area (Å²) in [4.78, 5) is 0. The van der Waals surface area contributed by atoms with Gasteiger partial charge in [-0.3, -0.25) is 0 Å². The molecule has 2 fully saturated rings. The molecular formula is C14H25F2N. The molecule has 0 aromatic carbocycles. The Balaban J connectivity index is 1.89. The van der Waals surface area contributed by atoms with E-state index in [0.717, 1.165) is 31.8 Å². The van der Waals surface area contributed by atoms with Gasteiger partial charge < -0.3 is 5.32 Å². The van der Waals surface area contributed by atoms with Crippen LogP contribution in [0.15, 0.2) is 0 Å². The van der Waals surface area contributed by atoms with Gasteiger partial charge in [0.05, 0.1) is 0 Å². The average molecular weight is 245 g/mol. The zero-order valence-corrected chi connectivity index (χ0v) is 11.1. The van der Waals surface area contributed by atoms with Gasteiger partial charge in [-0.05, 0) is 49.5 Å². The van der Waals surface area contributed by atoms with Crippen molar-refractivity contribution in [2.45, 2.75) is 58.3 Å². The third-order valence-electron chi connectivity index (χ3n) is 4.60. The lowest BCUT2D eigenvalue weighted by Gasteiger charge is -2.33. The van der Waals surface area contributed by atoms with Gasteiger partial charge in [0, 0.05) is 19.4 Å². The summed E-state index contributed by atoms with van der Waals surface area (Å²) in [5, 5.41) is 3.42. The summed E-state index contributed by atoms with van der Waals surface area (Å²) in [6.45, 7) is 6.38. The van der Waals surface area contributed by atoms with Gasteiger partial charge in [0.15, 0.2) is 0 Å². The minimum atomic E-state index is -2.38. The van der Waals surface area contributed by atoms with Crippen molar-refractivity contribution in [2.24, 2.45) is 17.3 Å². The number of halogens is 2. The van der Waals surface area contributed by atoms with E-state index in [2.05, 4.69) is 19.2 Å². The number of rotatable bonds is 6. The molecule has 2 aliphatic carbocycles. The van der Waals surface area contributed by atoms with Crippen LogP contribution in [0.25, 0.3) is 0 Å². The van der Waals surface area contributed by atoms with Crippen molar-refractivity contribution in [3.63, 3.8) is 0 Å². The van der Waals surface area contributed by atoms with Gasteiger partial charge in [-0.15, -0.1) is 0 Å². The molecule has 0 spiro atoms. The van der Waals surface area contributed by atoms with Gasteiger partial charge in [-0.1, -0.05) is 13.8 Å². The molecule has 0 saturated heterocycles. The molecule has 17 heavy (non-hydrogen) atoms. The number of hydrogen-bond acceptors (Lipinski definition) is 1. The van der Waals surface area contributed by atoms with Gasteiger partial charge in [0.25, 0.3) is 0 Å². The van der Waals surface area contributed by atoms with Crippen LogP contribution in [0, 0.1) is 17.3 Å². The molecular weight excluding hydrogens is 220 g/mol. The molecule has 0 heterocycles. The highest BCUT2D eigenvalue weighted by Crippen LogP contribution is 2.52. The molecule has 2 atom stereocenters. The topological polar surface area (TPSA) is 12.0 Å². The lowest BCUT2D eigenvalue weighted by atomic mass is 9.76. The second-order valence-corrected chi connectivity index (χ2v) is 6.38. The van der Waals surface area contributed by atoms with Crippen LogP contribution in [0.1, 0.15) is 52.4 Å². The highest BCUT2D eigenvalue weighted by molar-refractivity contribution is 4.95. The molecule has 0 aromatic rings. The number of nitrogens with one attached hydrogen (secondary N) is 1. The van der Waals surface area contributed by atoms with Crippen LogP contribution < -0.4 is 5.32 Å². The van der Waals surface area contributed by atoms with Gasteiger partial charge in [-0.2, -0.15) is 0 Å². The summed E-state index contributed by atoms with van der Waals surface area (Å²) in [5.41, 5.74) is 0.251. The maximum atomic E-state index is 13.2. The summed E-state index contributed by atoms with van der Waals surface area (Å²) >= 11 is 0. The molecule has 100 valence electrons. The van der Waals surface area contributed by atoms with Crippen LogP contribution in [0.4, 0.5) is 8.78 Å².